The fraction of sp³-hybridized carbons (Fsp3) is 0.529. The van der Waals surface area contributed by atoms with Gasteiger partial charge in [0.15, 0.2) is 11.6 Å². The average Bonchev–Trinajstić information content (AvgIpc) is 3.08. The quantitative estimate of drug-likeness (QED) is 0.595. The first-order valence-electron chi connectivity index (χ1n) is 8.71. The number of aliphatic imine (C=N–C) groups is 2. The highest BCUT2D eigenvalue weighted by atomic mass is 19.1. The Labute approximate surface area is 151 Å². The van der Waals surface area contributed by atoms with Crippen LogP contribution >= 0.6 is 0 Å². The summed E-state index contributed by atoms with van der Waals surface area (Å²) in [6, 6.07) is 4.54. The number of hydrogen-bond acceptors (Lipinski definition) is 8. The molecule has 2 heterocycles. The van der Waals surface area contributed by atoms with Crippen LogP contribution in [0.15, 0.2) is 28.2 Å². The van der Waals surface area contributed by atoms with Crippen LogP contribution in [-0.2, 0) is 0 Å². The van der Waals surface area contributed by atoms with Crippen LogP contribution in [0.5, 0.6) is 11.5 Å². The second kappa shape index (κ2) is 7.36. The number of methoxy groups -OCH3 is 1. The predicted octanol–water partition coefficient (Wildman–Crippen LogP) is 0.878. The van der Waals surface area contributed by atoms with Gasteiger partial charge in [-0.05, 0) is 37.9 Å². The van der Waals surface area contributed by atoms with Gasteiger partial charge in [-0.15, -0.1) is 0 Å². The van der Waals surface area contributed by atoms with Crippen molar-refractivity contribution >= 4 is 11.9 Å². The molecule has 0 bridgehead atoms. The van der Waals surface area contributed by atoms with E-state index in [2.05, 4.69) is 20.6 Å². The minimum absolute atomic E-state index is 0.0201. The molecule has 3 rings (SSSR count). The topological polar surface area (TPSA) is 119 Å². The minimum atomic E-state index is -1.27. The molecule has 26 heavy (non-hydrogen) atoms. The molecule has 0 saturated carbocycles. The molecule has 3 atom stereocenters. The summed E-state index contributed by atoms with van der Waals surface area (Å²) in [7, 11) is 1.41. The SMILES string of the molecule is CCC(C1CCCN1)C1(Oc2ccc(OC)c(F)c2)N=C(N)N=C(N)N1. The third-order valence-corrected chi connectivity index (χ3v) is 4.75. The lowest BCUT2D eigenvalue weighted by Crippen LogP contribution is -2.64. The van der Waals surface area contributed by atoms with Gasteiger partial charge in [-0.25, -0.2) is 4.39 Å². The van der Waals surface area contributed by atoms with Gasteiger partial charge in [-0.3, -0.25) is 5.32 Å². The van der Waals surface area contributed by atoms with Crippen molar-refractivity contribution in [3.8, 4) is 11.5 Å². The number of halogens is 1. The predicted molar refractivity (Wildman–Crippen MR) is 97.5 cm³/mol. The molecule has 0 spiro atoms. The number of rotatable bonds is 6. The molecule has 1 aromatic rings. The molecule has 9 heteroatoms. The number of hydrogen-bond donors (Lipinski definition) is 4. The summed E-state index contributed by atoms with van der Waals surface area (Å²) < 4.78 is 25.2. The number of guanidine groups is 2. The average molecular weight is 364 g/mol. The molecule has 2 aliphatic heterocycles. The lowest BCUT2D eigenvalue weighted by Gasteiger charge is -2.41. The van der Waals surface area contributed by atoms with Crippen molar-refractivity contribution in [3.63, 3.8) is 0 Å². The fourth-order valence-electron chi connectivity index (χ4n) is 3.64. The second-order valence-corrected chi connectivity index (χ2v) is 6.40. The van der Waals surface area contributed by atoms with Gasteiger partial charge in [-0.2, -0.15) is 9.98 Å². The highest BCUT2D eigenvalue weighted by molar-refractivity contribution is 5.95. The Kier molecular flexibility index (Phi) is 5.17. The Morgan fingerprint density at radius 3 is 2.81 bits per heavy atom. The Hall–Kier alpha value is -2.55. The van der Waals surface area contributed by atoms with E-state index in [4.69, 9.17) is 20.9 Å². The maximum absolute atomic E-state index is 14.1. The molecule has 142 valence electrons. The molecule has 3 unspecified atom stereocenters. The molecule has 0 radical (unpaired) electrons. The molecule has 1 saturated heterocycles. The summed E-state index contributed by atoms with van der Waals surface area (Å²) in [5, 5.41) is 6.50. The number of ether oxygens (including phenoxy) is 2. The minimum Gasteiger partial charge on any atom is -0.494 e. The van der Waals surface area contributed by atoms with Gasteiger partial charge in [0.2, 0.25) is 11.9 Å². The van der Waals surface area contributed by atoms with Crippen molar-refractivity contribution in [2.75, 3.05) is 13.7 Å². The van der Waals surface area contributed by atoms with E-state index in [1.807, 2.05) is 6.92 Å². The standard InChI is InChI=1S/C17H25FN6O2/c1-3-11(13-5-4-8-21-13)17(23-15(19)22-16(20)24-17)26-10-6-7-14(25-2)12(18)9-10/h6-7,9,11,13,21H,3-5,8H2,1-2H3,(H5,19,20,22,23,24). The zero-order valence-corrected chi connectivity index (χ0v) is 15.0. The summed E-state index contributed by atoms with van der Waals surface area (Å²) in [5.74, 6) is -1.33. The third-order valence-electron chi connectivity index (χ3n) is 4.75. The molecule has 0 aromatic heterocycles. The molecule has 1 fully saturated rings. The van der Waals surface area contributed by atoms with E-state index in [-0.39, 0.29) is 29.6 Å². The van der Waals surface area contributed by atoms with Crippen LogP contribution in [0.2, 0.25) is 0 Å². The molecule has 0 aliphatic carbocycles. The summed E-state index contributed by atoms with van der Waals surface area (Å²) in [6.07, 6.45) is 2.79. The molecule has 8 nitrogen and oxygen atoms in total. The number of nitrogens with zero attached hydrogens (tertiary/aromatic N) is 2. The molecular weight excluding hydrogens is 339 g/mol. The van der Waals surface area contributed by atoms with Crippen LogP contribution in [0.25, 0.3) is 0 Å². The number of nitrogens with two attached hydrogens (primary N) is 2. The first kappa shape index (κ1) is 18.2. The van der Waals surface area contributed by atoms with E-state index >= 15 is 0 Å². The van der Waals surface area contributed by atoms with E-state index in [9.17, 15) is 4.39 Å². The summed E-state index contributed by atoms with van der Waals surface area (Å²) in [4.78, 5) is 8.37. The van der Waals surface area contributed by atoms with Crippen molar-refractivity contribution in [1.29, 1.82) is 0 Å². The maximum atomic E-state index is 14.1. The third kappa shape index (κ3) is 3.52. The molecule has 6 N–H and O–H groups in total. The van der Waals surface area contributed by atoms with Crippen molar-refractivity contribution in [2.24, 2.45) is 27.4 Å². The van der Waals surface area contributed by atoms with Gasteiger partial charge < -0.3 is 26.3 Å². The Bertz CT molecular complexity index is 719. The van der Waals surface area contributed by atoms with E-state index < -0.39 is 11.7 Å². The first-order valence-corrected chi connectivity index (χ1v) is 8.71. The van der Waals surface area contributed by atoms with Crippen LogP contribution < -0.4 is 31.6 Å². The van der Waals surface area contributed by atoms with Gasteiger partial charge in [0.05, 0.1) is 13.0 Å². The summed E-state index contributed by atoms with van der Waals surface area (Å²) >= 11 is 0. The van der Waals surface area contributed by atoms with Gasteiger partial charge in [-0.1, -0.05) is 6.92 Å². The highest BCUT2D eigenvalue weighted by Crippen LogP contribution is 2.34. The van der Waals surface area contributed by atoms with E-state index in [0.29, 0.717) is 5.75 Å². The normalized spacial score (nSPS) is 26.5. The van der Waals surface area contributed by atoms with E-state index in [1.54, 1.807) is 6.07 Å². The maximum Gasteiger partial charge on any atom is 0.288 e. The zero-order chi connectivity index (χ0) is 18.7. The van der Waals surface area contributed by atoms with Gasteiger partial charge in [0.1, 0.15) is 5.75 Å². The Balaban J connectivity index is 1.98. The van der Waals surface area contributed by atoms with Crippen molar-refractivity contribution in [2.45, 2.75) is 38.1 Å². The van der Waals surface area contributed by atoms with Crippen LogP contribution in [0.1, 0.15) is 26.2 Å². The summed E-state index contributed by atoms with van der Waals surface area (Å²) in [6.45, 7) is 2.97. The highest BCUT2D eigenvalue weighted by Gasteiger charge is 2.47. The molecule has 2 aliphatic rings. The van der Waals surface area contributed by atoms with Crippen LogP contribution in [-0.4, -0.2) is 37.5 Å². The smallest absolute Gasteiger partial charge is 0.288 e. The largest absolute Gasteiger partial charge is 0.494 e. The van der Waals surface area contributed by atoms with Crippen molar-refractivity contribution in [1.82, 2.24) is 10.6 Å². The molecular formula is C17H25FN6O2. The van der Waals surface area contributed by atoms with Crippen LogP contribution in [0.4, 0.5) is 4.39 Å². The van der Waals surface area contributed by atoms with Crippen LogP contribution in [0, 0.1) is 11.7 Å². The van der Waals surface area contributed by atoms with E-state index in [1.165, 1.54) is 19.2 Å². The molecule has 1 aromatic carbocycles. The summed E-state index contributed by atoms with van der Waals surface area (Å²) in [5.41, 5.74) is 11.8. The second-order valence-electron chi connectivity index (χ2n) is 6.40. The van der Waals surface area contributed by atoms with Gasteiger partial charge in [0.25, 0.3) is 5.85 Å². The van der Waals surface area contributed by atoms with Crippen LogP contribution in [0.3, 0.4) is 0 Å². The van der Waals surface area contributed by atoms with Gasteiger partial charge in [0, 0.05) is 12.1 Å². The zero-order valence-electron chi connectivity index (χ0n) is 15.0. The fourth-order valence-corrected chi connectivity index (χ4v) is 3.64. The Morgan fingerprint density at radius 1 is 1.42 bits per heavy atom. The lowest BCUT2D eigenvalue weighted by atomic mass is 9.89. The molecule has 0 amide bonds. The van der Waals surface area contributed by atoms with Gasteiger partial charge >= 0.3 is 0 Å². The number of nitrogens with one attached hydrogen (secondary N) is 2. The number of benzene rings is 1. The van der Waals surface area contributed by atoms with Crippen molar-refractivity contribution in [3.05, 3.63) is 24.0 Å². The lowest BCUT2D eigenvalue weighted by molar-refractivity contribution is -0.0165. The van der Waals surface area contributed by atoms with E-state index in [0.717, 1.165) is 25.8 Å². The monoisotopic (exact) mass is 364 g/mol. The first-order chi connectivity index (χ1) is 12.5. The van der Waals surface area contributed by atoms with Crippen molar-refractivity contribution < 1.29 is 13.9 Å². The Morgan fingerprint density at radius 2 is 2.23 bits per heavy atom.